The molecular formula is C11H14FN3O2. The van der Waals surface area contributed by atoms with E-state index in [1.54, 1.807) is 6.07 Å². The second kappa shape index (κ2) is 5.09. The molecule has 92 valence electrons. The number of anilines is 1. The standard InChI is InChI=1S/C11H14FN3O2/c12-10-7-9(1-2-11(10)15(16)17)14-8-3-5-13-6-4-8/h1-2,7-8,13-14H,3-6H2. The van der Waals surface area contributed by atoms with Crippen molar-refractivity contribution in [3.8, 4) is 0 Å². The van der Waals surface area contributed by atoms with Crippen LogP contribution in [0.25, 0.3) is 0 Å². The van der Waals surface area contributed by atoms with Gasteiger partial charge in [0.1, 0.15) is 0 Å². The van der Waals surface area contributed by atoms with Crippen LogP contribution in [0.4, 0.5) is 15.8 Å². The summed E-state index contributed by atoms with van der Waals surface area (Å²) in [4.78, 5) is 9.74. The summed E-state index contributed by atoms with van der Waals surface area (Å²) in [5.41, 5.74) is 0.112. The van der Waals surface area contributed by atoms with Crippen LogP contribution in [0.5, 0.6) is 0 Å². The Hall–Kier alpha value is -1.69. The van der Waals surface area contributed by atoms with Gasteiger partial charge in [0.15, 0.2) is 0 Å². The minimum atomic E-state index is -0.797. The first-order valence-corrected chi connectivity index (χ1v) is 5.58. The molecule has 1 saturated heterocycles. The van der Waals surface area contributed by atoms with Crippen molar-refractivity contribution in [2.75, 3.05) is 18.4 Å². The van der Waals surface area contributed by atoms with Gasteiger partial charge in [0.05, 0.1) is 4.92 Å². The Bertz CT molecular complexity index is 419. The van der Waals surface area contributed by atoms with Crippen LogP contribution in [0, 0.1) is 15.9 Å². The quantitative estimate of drug-likeness (QED) is 0.624. The van der Waals surface area contributed by atoms with E-state index in [1.807, 2.05) is 0 Å². The number of nitro groups is 1. The number of hydrogen-bond donors (Lipinski definition) is 2. The van der Waals surface area contributed by atoms with Crippen LogP contribution < -0.4 is 10.6 Å². The van der Waals surface area contributed by atoms with Crippen LogP contribution in [-0.4, -0.2) is 24.1 Å². The highest BCUT2D eigenvalue weighted by molar-refractivity contribution is 5.50. The van der Waals surface area contributed by atoms with E-state index in [4.69, 9.17) is 0 Å². The molecule has 1 aromatic carbocycles. The molecule has 0 atom stereocenters. The van der Waals surface area contributed by atoms with Gasteiger partial charge in [0.2, 0.25) is 5.82 Å². The molecule has 2 N–H and O–H groups in total. The zero-order chi connectivity index (χ0) is 12.3. The first-order valence-electron chi connectivity index (χ1n) is 5.58. The number of nitro benzene ring substituents is 1. The highest BCUT2D eigenvalue weighted by Gasteiger charge is 2.16. The van der Waals surface area contributed by atoms with Crippen molar-refractivity contribution in [2.45, 2.75) is 18.9 Å². The van der Waals surface area contributed by atoms with Gasteiger partial charge in [-0.15, -0.1) is 0 Å². The summed E-state index contributed by atoms with van der Waals surface area (Å²) in [6.07, 6.45) is 1.94. The molecule has 1 aliphatic rings. The Labute approximate surface area is 98.2 Å². The van der Waals surface area contributed by atoms with Crippen molar-refractivity contribution in [2.24, 2.45) is 0 Å². The third-order valence-corrected chi connectivity index (χ3v) is 2.85. The van der Waals surface area contributed by atoms with E-state index >= 15 is 0 Å². The van der Waals surface area contributed by atoms with Gasteiger partial charge in [-0.1, -0.05) is 0 Å². The van der Waals surface area contributed by atoms with Gasteiger partial charge >= 0.3 is 5.69 Å². The first kappa shape index (κ1) is 11.8. The molecule has 2 rings (SSSR count). The Morgan fingerprint density at radius 2 is 2.12 bits per heavy atom. The molecule has 0 spiro atoms. The maximum atomic E-state index is 13.4. The van der Waals surface area contributed by atoms with Crippen LogP contribution in [-0.2, 0) is 0 Å². The van der Waals surface area contributed by atoms with Crippen LogP contribution in [0.2, 0.25) is 0 Å². The van der Waals surface area contributed by atoms with Crippen molar-refractivity contribution in [3.05, 3.63) is 34.1 Å². The van der Waals surface area contributed by atoms with Gasteiger partial charge in [-0.3, -0.25) is 10.1 Å². The van der Waals surface area contributed by atoms with E-state index in [1.165, 1.54) is 12.1 Å². The number of halogens is 1. The van der Waals surface area contributed by atoms with Crippen LogP contribution in [0.1, 0.15) is 12.8 Å². The molecule has 0 unspecified atom stereocenters. The first-order chi connectivity index (χ1) is 8.16. The highest BCUT2D eigenvalue weighted by Crippen LogP contribution is 2.22. The lowest BCUT2D eigenvalue weighted by Crippen LogP contribution is -2.35. The Morgan fingerprint density at radius 3 is 2.71 bits per heavy atom. The minimum Gasteiger partial charge on any atom is -0.382 e. The van der Waals surface area contributed by atoms with Gasteiger partial charge in [-0.25, -0.2) is 0 Å². The summed E-state index contributed by atoms with van der Waals surface area (Å²) in [5, 5.41) is 16.9. The van der Waals surface area contributed by atoms with E-state index in [2.05, 4.69) is 10.6 Å². The normalized spacial score (nSPS) is 16.8. The lowest BCUT2D eigenvalue weighted by Gasteiger charge is -2.24. The van der Waals surface area contributed by atoms with Crippen molar-refractivity contribution in [1.29, 1.82) is 0 Å². The molecule has 0 radical (unpaired) electrons. The van der Waals surface area contributed by atoms with Gasteiger partial charge in [-0.05, 0) is 32.0 Å². The topological polar surface area (TPSA) is 67.2 Å². The van der Waals surface area contributed by atoms with Gasteiger partial charge in [0, 0.05) is 23.9 Å². The van der Waals surface area contributed by atoms with Crippen molar-refractivity contribution < 1.29 is 9.31 Å². The molecule has 0 amide bonds. The third-order valence-electron chi connectivity index (χ3n) is 2.85. The van der Waals surface area contributed by atoms with Crippen molar-refractivity contribution in [1.82, 2.24) is 5.32 Å². The number of nitrogens with zero attached hydrogens (tertiary/aromatic N) is 1. The Kier molecular flexibility index (Phi) is 3.53. The summed E-state index contributed by atoms with van der Waals surface area (Å²) in [5.74, 6) is -0.797. The fourth-order valence-corrected chi connectivity index (χ4v) is 1.95. The molecule has 1 aliphatic heterocycles. The van der Waals surface area contributed by atoms with E-state index < -0.39 is 16.4 Å². The zero-order valence-corrected chi connectivity index (χ0v) is 9.28. The molecule has 1 heterocycles. The number of nitrogens with one attached hydrogen (secondary N) is 2. The highest BCUT2D eigenvalue weighted by atomic mass is 19.1. The fourth-order valence-electron chi connectivity index (χ4n) is 1.95. The molecule has 6 heteroatoms. The maximum Gasteiger partial charge on any atom is 0.304 e. The average Bonchev–Trinajstić information content (AvgIpc) is 2.30. The number of hydrogen-bond acceptors (Lipinski definition) is 4. The van der Waals surface area contributed by atoms with Crippen molar-refractivity contribution >= 4 is 11.4 Å². The smallest absolute Gasteiger partial charge is 0.304 e. The molecule has 0 aromatic heterocycles. The predicted octanol–water partition coefficient (Wildman–Crippen LogP) is 1.90. The molecule has 0 saturated carbocycles. The largest absolute Gasteiger partial charge is 0.382 e. The Balaban J connectivity index is 2.06. The molecular weight excluding hydrogens is 225 g/mol. The molecule has 0 bridgehead atoms. The summed E-state index contributed by atoms with van der Waals surface area (Å²) in [6, 6.07) is 4.22. The van der Waals surface area contributed by atoms with E-state index in [9.17, 15) is 14.5 Å². The zero-order valence-electron chi connectivity index (χ0n) is 9.28. The van der Waals surface area contributed by atoms with Crippen LogP contribution in [0.15, 0.2) is 18.2 Å². The molecule has 1 aromatic rings. The maximum absolute atomic E-state index is 13.4. The van der Waals surface area contributed by atoms with Crippen LogP contribution in [0.3, 0.4) is 0 Å². The lowest BCUT2D eigenvalue weighted by atomic mass is 10.1. The summed E-state index contributed by atoms with van der Waals surface area (Å²) in [7, 11) is 0. The fraction of sp³-hybridized carbons (Fsp3) is 0.455. The second-order valence-electron chi connectivity index (χ2n) is 4.09. The molecule has 1 fully saturated rings. The Morgan fingerprint density at radius 1 is 1.41 bits per heavy atom. The average molecular weight is 239 g/mol. The monoisotopic (exact) mass is 239 g/mol. The van der Waals surface area contributed by atoms with Gasteiger partial charge < -0.3 is 10.6 Å². The second-order valence-corrected chi connectivity index (χ2v) is 4.09. The van der Waals surface area contributed by atoms with Crippen LogP contribution >= 0.6 is 0 Å². The molecule has 17 heavy (non-hydrogen) atoms. The minimum absolute atomic E-state index is 0.303. The van der Waals surface area contributed by atoms with Crippen molar-refractivity contribution in [3.63, 3.8) is 0 Å². The number of rotatable bonds is 3. The summed E-state index contributed by atoms with van der Waals surface area (Å²) in [6.45, 7) is 1.88. The molecule has 0 aliphatic carbocycles. The summed E-state index contributed by atoms with van der Waals surface area (Å²) >= 11 is 0. The predicted molar refractivity (Wildman–Crippen MR) is 62.6 cm³/mol. The summed E-state index contributed by atoms with van der Waals surface area (Å²) < 4.78 is 13.4. The van der Waals surface area contributed by atoms with Gasteiger partial charge in [-0.2, -0.15) is 4.39 Å². The lowest BCUT2D eigenvalue weighted by molar-refractivity contribution is -0.387. The van der Waals surface area contributed by atoms with Gasteiger partial charge in [0.25, 0.3) is 0 Å². The third kappa shape index (κ3) is 2.91. The number of benzene rings is 1. The SMILES string of the molecule is O=[N+]([O-])c1ccc(NC2CCNCC2)cc1F. The number of piperidine rings is 1. The van der Waals surface area contributed by atoms with E-state index in [-0.39, 0.29) is 0 Å². The van der Waals surface area contributed by atoms with E-state index in [0.29, 0.717) is 11.7 Å². The van der Waals surface area contributed by atoms with E-state index in [0.717, 1.165) is 25.9 Å². The molecule has 5 nitrogen and oxygen atoms in total.